The molecule has 0 aliphatic rings. The number of benzene rings is 4. The fraction of sp³-hybridized carbons (Fsp3) is 0. The Hall–Kier alpha value is -2.08. The predicted molar refractivity (Wildman–Crippen MR) is 136 cm³/mol. The van der Waals surface area contributed by atoms with Gasteiger partial charge in [0.1, 0.15) is 37.4 Å². The first kappa shape index (κ1) is 34.1. The normalized spacial score (nSPS) is 11.6. The quantitative estimate of drug-likeness (QED) is 0.0964. The number of amides is 1. The van der Waals surface area contributed by atoms with Gasteiger partial charge in [0.15, 0.2) is 0 Å². The monoisotopic (exact) mass is 620 g/mol. The van der Waals surface area contributed by atoms with Crippen molar-refractivity contribution in [2.45, 2.75) is 9.79 Å². The molecule has 0 spiro atoms. The molecule has 0 saturated heterocycles. The molecule has 4 aromatic carbocycles. The van der Waals surface area contributed by atoms with Crippen molar-refractivity contribution < 1.29 is 95.0 Å². The summed E-state index contributed by atoms with van der Waals surface area (Å²) in [4.78, 5) is 10.9. The maximum absolute atomic E-state index is 12.4. The van der Waals surface area contributed by atoms with Crippen LogP contribution >= 0.6 is 11.6 Å². The number of aromatic hydroxyl groups is 1. The number of azo groups is 1. The first-order valence-corrected chi connectivity index (χ1v) is 13.5. The molecule has 196 valence electrons. The van der Waals surface area contributed by atoms with Crippen LogP contribution in [0.4, 0.5) is 22.7 Å². The van der Waals surface area contributed by atoms with Crippen molar-refractivity contribution in [3.8, 4) is 5.75 Å². The van der Waals surface area contributed by atoms with Gasteiger partial charge in [0.05, 0.1) is 20.9 Å². The van der Waals surface area contributed by atoms with Gasteiger partial charge in [-0.15, -0.1) is 10.2 Å². The third-order valence-electron chi connectivity index (χ3n) is 5.21. The fourth-order valence-corrected chi connectivity index (χ4v) is 4.74. The van der Waals surface area contributed by atoms with E-state index in [1.165, 1.54) is 42.5 Å². The summed E-state index contributed by atoms with van der Waals surface area (Å²) in [6.07, 6.45) is 0. The molecule has 0 radical (unpaired) electrons. The number of halogens is 1. The summed E-state index contributed by atoms with van der Waals surface area (Å²) < 4.78 is 69.9. The van der Waals surface area contributed by atoms with E-state index in [0.717, 1.165) is 24.3 Å². The van der Waals surface area contributed by atoms with E-state index in [0.29, 0.717) is 5.02 Å². The molecule has 0 bridgehead atoms. The van der Waals surface area contributed by atoms with E-state index in [1.54, 1.807) is 0 Å². The van der Waals surface area contributed by atoms with Gasteiger partial charge in [0.25, 0.3) is 5.91 Å². The number of carbonyl (C=O) groups excluding carboxylic acids is 1. The number of hydrogen-bond donors (Lipinski definition) is 3. The van der Waals surface area contributed by atoms with E-state index >= 15 is 0 Å². The number of nitrogens with zero attached hydrogens (tertiary/aromatic N) is 2. The first-order chi connectivity index (χ1) is 17.7. The van der Waals surface area contributed by atoms with Crippen molar-refractivity contribution in [3.05, 3.63) is 77.3 Å². The van der Waals surface area contributed by atoms with E-state index in [2.05, 4.69) is 15.5 Å². The van der Waals surface area contributed by atoms with Gasteiger partial charge in [-0.3, -0.25) is 4.79 Å². The molecule has 0 atom stereocenters. The largest absolute Gasteiger partial charge is 1.00 e. The molecule has 0 aliphatic heterocycles. The Balaban J connectivity index is 0.00000280. The molecule has 4 rings (SSSR count). The van der Waals surface area contributed by atoms with Crippen LogP contribution in [0.25, 0.3) is 10.8 Å². The Morgan fingerprint density at radius 1 is 0.875 bits per heavy atom. The van der Waals surface area contributed by atoms with Crippen molar-refractivity contribution in [3.63, 3.8) is 0 Å². The topological polar surface area (TPSA) is 214 Å². The maximum Gasteiger partial charge on any atom is 1.00 e. The molecule has 4 N–H and O–H groups in total. The first-order valence-electron chi connectivity index (χ1n) is 10.3. The molecule has 1 amide bonds. The molecule has 12 nitrogen and oxygen atoms in total. The molecular formula is C23H15ClN4Na2O8S2. The molecule has 0 fully saturated rings. The smallest absolute Gasteiger partial charge is 0.744 e. The number of hydrogen-bond acceptors (Lipinski definition) is 11. The summed E-state index contributed by atoms with van der Waals surface area (Å²) in [7, 11) is -9.99. The summed E-state index contributed by atoms with van der Waals surface area (Å²) >= 11 is 5.80. The molecule has 40 heavy (non-hydrogen) atoms. The van der Waals surface area contributed by atoms with Gasteiger partial charge in [0, 0.05) is 16.3 Å². The summed E-state index contributed by atoms with van der Waals surface area (Å²) in [5, 5.41) is 21.0. The molecule has 0 aliphatic carbocycles. The van der Waals surface area contributed by atoms with Crippen LogP contribution < -0.4 is 70.2 Å². The van der Waals surface area contributed by atoms with Gasteiger partial charge in [-0.1, -0.05) is 17.7 Å². The average Bonchev–Trinajstić information content (AvgIpc) is 2.83. The minimum Gasteiger partial charge on any atom is -0.744 e. The summed E-state index contributed by atoms with van der Waals surface area (Å²) in [5.74, 6) is -1.24. The zero-order valence-corrected chi connectivity index (χ0v) is 27.2. The van der Waals surface area contributed by atoms with E-state index < -0.39 is 47.4 Å². The van der Waals surface area contributed by atoms with Crippen LogP contribution in [0.5, 0.6) is 5.75 Å². The number of nitrogen functional groups attached to an aromatic ring is 1. The summed E-state index contributed by atoms with van der Waals surface area (Å²) in [5.41, 5.74) is 5.52. The summed E-state index contributed by atoms with van der Waals surface area (Å²) in [6.45, 7) is 0. The Kier molecular flexibility index (Phi) is 11.3. The summed E-state index contributed by atoms with van der Waals surface area (Å²) in [6, 6.07) is 13.5. The van der Waals surface area contributed by atoms with Crippen LogP contribution in [-0.4, -0.2) is 37.0 Å². The fourth-order valence-electron chi connectivity index (χ4n) is 3.45. The van der Waals surface area contributed by atoms with Gasteiger partial charge < -0.3 is 25.3 Å². The van der Waals surface area contributed by atoms with Gasteiger partial charge in [-0.05, 0) is 66.0 Å². The Morgan fingerprint density at radius 2 is 1.52 bits per heavy atom. The van der Waals surface area contributed by atoms with Crippen LogP contribution in [0.3, 0.4) is 0 Å². The number of phenolic OH excluding ortho intramolecular Hbond substituents is 1. The predicted octanol–water partition coefficient (Wildman–Crippen LogP) is -1.74. The molecule has 0 saturated carbocycles. The molecular weight excluding hydrogens is 606 g/mol. The van der Waals surface area contributed by atoms with E-state index in [1.807, 2.05) is 0 Å². The number of nitrogens with two attached hydrogens (primary N) is 1. The van der Waals surface area contributed by atoms with Crippen molar-refractivity contribution in [2.24, 2.45) is 10.2 Å². The van der Waals surface area contributed by atoms with Crippen LogP contribution in [0.15, 0.2) is 86.7 Å². The average molecular weight is 621 g/mol. The second kappa shape index (κ2) is 13.3. The van der Waals surface area contributed by atoms with Crippen LogP contribution in [0.1, 0.15) is 10.4 Å². The zero-order chi connectivity index (χ0) is 27.8. The Morgan fingerprint density at radius 3 is 2.12 bits per heavy atom. The molecule has 0 aromatic heterocycles. The van der Waals surface area contributed by atoms with E-state index in [4.69, 9.17) is 17.3 Å². The second-order valence-corrected chi connectivity index (χ2v) is 11.0. The van der Waals surface area contributed by atoms with Crippen LogP contribution in [0, 0.1) is 0 Å². The number of carbonyl (C=O) groups is 1. The SMILES string of the molecule is Nc1ccc2cc(S(=O)(=O)[O-])cc(O)c2c1N=Nc1ccc(NC(=O)c2ccc(Cl)cc2)cc1S(=O)(=O)[O-].[Na+].[Na+]. The molecule has 0 unspecified atom stereocenters. The number of nitrogens with one attached hydrogen (secondary N) is 1. The van der Waals surface area contributed by atoms with Crippen molar-refractivity contribution in [1.82, 2.24) is 0 Å². The number of anilines is 2. The van der Waals surface area contributed by atoms with Gasteiger partial charge in [0.2, 0.25) is 0 Å². The third-order valence-corrected chi connectivity index (χ3v) is 7.14. The van der Waals surface area contributed by atoms with E-state index in [-0.39, 0.29) is 92.5 Å². The molecule has 17 heteroatoms. The molecule has 4 aromatic rings. The van der Waals surface area contributed by atoms with Crippen LogP contribution in [0.2, 0.25) is 5.02 Å². The van der Waals surface area contributed by atoms with Crippen LogP contribution in [-0.2, 0) is 20.2 Å². The van der Waals surface area contributed by atoms with Gasteiger partial charge in [-0.25, -0.2) is 16.8 Å². The van der Waals surface area contributed by atoms with Gasteiger partial charge >= 0.3 is 59.1 Å². The minimum atomic E-state index is -5.10. The van der Waals surface area contributed by atoms with Crippen molar-refractivity contribution in [2.75, 3.05) is 11.1 Å². The number of phenols is 1. The minimum absolute atomic E-state index is 0. The maximum atomic E-state index is 12.4. The zero-order valence-electron chi connectivity index (χ0n) is 20.8. The standard InChI is InChI=1S/C23H17ClN4O8S2.2Na/c24-14-4-1-12(2-5-14)23(30)26-15-6-8-18(20(10-15)38(34,35)36)27-28-22-17(25)7-3-13-9-16(37(31,32)33)11-19(29)21(13)22;;/h1-11,29H,25H2,(H,26,30)(H,31,32,33)(H,34,35,36);;/q;2*+1/p-2. The Bertz CT molecular complexity index is 1850. The second-order valence-electron chi connectivity index (χ2n) is 7.80. The third kappa shape index (κ3) is 7.80. The van der Waals surface area contributed by atoms with Crippen molar-refractivity contribution in [1.29, 1.82) is 0 Å². The Labute approximate surface area is 277 Å². The molecule has 0 heterocycles. The number of fused-ring (bicyclic) bond motifs is 1. The van der Waals surface area contributed by atoms with Gasteiger partial charge in [-0.2, -0.15) is 0 Å². The van der Waals surface area contributed by atoms with Crippen molar-refractivity contribution >= 4 is 71.3 Å². The number of rotatable bonds is 6. The van der Waals surface area contributed by atoms with E-state index in [9.17, 15) is 35.8 Å².